The molecule has 0 aliphatic heterocycles. The number of hydrogen-bond acceptors (Lipinski definition) is 4. The summed E-state index contributed by atoms with van der Waals surface area (Å²) in [6.45, 7) is 3.96. The molecule has 0 spiro atoms. The smallest absolute Gasteiger partial charge is 0.144 e. The van der Waals surface area contributed by atoms with Crippen LogP contribution in [-0.2, 0) is 7.05 Å². The lowest BCUT2D eigenvalue weighted by molar-refractivity contribution is 0.0943. The van der Waals surface area contributed by atoms with Gasteiger partial charge in [-0.05, 0) is 13.8 Å². The molecule has 0 saturated carbocycles. The summed E-state index contributed by atoms with van der Waals surface area (Å²) in [5, 5.41) is 19.8. The van der Waals surface area contributed by atoms with Crippen LogP contribution in [0.3, 0.4) is 0 Å². The molecule has 2 N–H and O–H groups in total. The van der Waals surface area contributed by atoms with Gasteiger partial charge in [0.15, 0.2) is 0 Å². The third-order valence-corrected chi connectivity index (χ3v) is 1.42. The van der Waals surface area contributed by atoms with Crippen LogP contribution >= 0.6 is 0 Å². The second-order valence-corrected chi connectivity index (χ2v) is 3.41. The van der Waals surface area contributed by atoms with Gasteiger partial charge in [-0.1, -0.05) is 5.21 Å². The normalized spacial score (nSPS) is 11.7. The Balaban J connectivity index is 2.49. The van der Waals surface area contributed by atoms with E-state index in [9.17, 15) is 5.11 Å². The van der Waals surface area contributed by atoms with Crippen LogP contribution in [0.2, 0.25) is 0 Å². The van der Waals surface area contributed by atoms with E-state index in [1.54, 1.807) is 31.8 Å². The highest BCUT2D eigenvalue weighted by Gasteiger charge is 2.12. The van der Waals surface area contributed by atoms with Crippen molar-refractivity contribution in [2.45, 2.75) is 19.4 Å². The van der Waals surface area contributed by atoms with Crippen molar-refractivity contribution in [3.8, 4) is 0 Å². The molecule has 0 unspecified atom stereocenters. The maximum absolute atomic E-state index is 9.39. The van der Waals surface area contributed by atoms with Crippen molar-refractivity contribution in [2.75, 3.05) is 11.9 Å². The number of aryl methyl sites for hydroxylation is 1. The zero-order valence-electron chi connectivity index (χ0n) is 7.57. The van der Waals surface area contributed by atoms with Crippen LogP contribution in [-0.4, -0.2) is 32.2 Å². The summed E-state index contributed by atoms with van der Waals surface area (Å²) in [5.74, 6) is 0.803. The van der Waals surface area contributed by atoms with Crippen molar-refractivity contribution in [1.82, 2.24) is 15.0 Å². The Morgan fingerprint density at radius 2 is 2.33 bits per heavy atom. The zero-order chi connectivity index (χ0) is 9.19. The molecule has 0 bridgehead atoms. The van der Waals surface area contributed by atoms with E-state index in [0.29, 0.717) is 6.54 Å². The van der Waals surface area contributed by atoms with Crippen LogP contribution < -0.4 is 5.32 Å². The number of aliphatic hydroxyl groups is 1. The molecular formula is C7H14N4O. The van der Waals surface area contributed by atoms with E-state index < -0.39 is 5.60 Å². The maximum Gasteiger partial charge on any atom is 0.144 e. The molecule has 0 atom stereocenters. The van der Waals surface area contributed by atoms with Crippen molar-refractivity contribution in [3.63, 3.8) is 0 Å². The molecule has 1 heterocycles. The zero-order valence-corrected chi connectivity index (χ0v) is 7.57. The lowest BCUT2D eigenvalue weighted by Gasteiger charge is -2.17. The number of anilines is 1. The van der Waals surface area contributed by atoms with E-state index in [1.807, 2.05) is 0 Å². The molecule has 0 aliphatic carbocycles. The van der Waals surface area contributed by atoms with Crippen LogP contribution in [0.15, 0.2) is 6.20 Å². The Morgan fingerprint density at radius 3 is 2.75 bits per heavy atom. The third-order valence-electron chi connectivity index (χ3n) is 1.42. The van der Waals surface area contributed by atoms with Gasteiger partial charge in [0, 0.05) is 13.6 Å². The van der Waals surface area contributed by atoms with Gasteiger partial charge in [0.1, 0.15) is 5.82 Å². The first kappa shape index (κ1) is 8.99. The second kappa shape index (κ2) is 3.10. The Kier molecular flexibility index (Phi) is 2.32. The summed E-state index contributed by atoms with van der Waals surface area (Å²) >= 11 is 0. The first-order valence-corrected chi connectivity index (χ1v) is 3.80. The van der Waals surface area contributed by atoms with Gasteiger partial charge < -0.3 is 10.4 Å². The predicted molar refractivity (Wildman–Crippen MR) is 45.8 cm³/mol. The van der Waals surface area contributed by atoms with Gasteiger partial charge >= 0.3 is 0 Å². The molecule has 1 aromatic rings. The van der Waals surface area contributed by atoms with Gasteiger partial charge in [0.25, 0.3) is 0 Å². The van der Waals surface area contributed by atoms with Gasteiger partial charge in [-0.3, -0.25) is 0 Å². The minimum Gasteiger partial charge on any atom is -0.389 e. The maximum atomic E-state index is 9.39. The topological polar surface area (TPSA) is 63.0 Å². The van der Waals surface area contributed by atoms with Crippen LogP contribution in [0.4, 0.5) is 5.82 Å². The van der Waals surface area contributed by atoms with E-state index in [1.165, 1.54) is 0 Å². The van der Waals surface area contributed by atoms with E-state index in [0.717, 1.165) is 5.82 Å². The molecule has 12 heavy (non-hydrogen) atoms. The predicted octanol–water partition coefficient (Wildman–Crippen LogP) is -0.00210. The molecule has 0 fully saturated rings. The lowest BCUT2D eigenvalue weighted by atomic mass is 10.1. The first-order chi connectivity index (χ1) is 5.49. The highest BCUT2D eigenvalue weighted by molar-refractivity contribution is 5.30. The molecule has 1 aromatic heterocycles. The van der Waals surface area contributed by atoms with Crippen LogP contribution in [0.25, 0.3) is 0 Å². The minimum atomic E-state index is -0.718. The van der Waals surface area contributed by atoms with Crippen molar-refractivity contribution >= 4 is 5.82 Å². The number of nitrogens with one attached hydrogen (secondary N) is 1. The van der Waals surface area contributed by atoms with E-state index in [-0.39, 0.29) is 0 Å². The van der Waals surface area contributed by atoms with Gasteiger partial charge in [-0.15, -0.1) is 5.10 Å². The molecule has 5 nitrogen and oxygen atoms in total. The van der Waals surface area contributed by atoms with Crippen molar-refractivity contribution in [1.29, 1.82) is 0 Å². The second-order valence-electron chi connectivity index (χ2n) is 3.41. The lowest BCUT2D eigenvalue weighted by Crippen LogP contribution is -2.29. The van der Waals surface area contributed by atoms with Crippen LogP contribution in [0.5, 0.6) is 0 Å². The average Bonchev–Trinajstić information content (AvgIpc) is 2.29. The Morgan fingerprint density at radius 1 is 1.67 bits per heavy atom. The fourth-order valence-corrected chi connectivity index (χ4v) is 0.757. The van der Waals surface area contributed by atoms with Crippen molar-refractivity contribution < 1.29 is 5.11 Å². The molecule has 0 saturated heterocycles. The van der Waals surface area contributed by atoms with Crippen molar-refractivity contribution in [3.05, 3.63) is 6.20 Å². The first-order valence-electron chi connectivity index (χ1n) is 3.80. The summed E-state index contributed by atoms with van der Waals surface area (Å²) in [6, 6.07) is 0. The van der Waals surface area contributed by atoms with Gasteiger partial charge in [0.05, 0.1) is 11.8 Å². The minimum absolute atomic E-state index is 0.480. The molecule has 0 radical (unpaired) electrons. The number of nitrogens with zero attached hydrogens (tertiary/aromatic N) is 3. The third kappa shape index (κ3) is 2.50. The molecule has 0 aromatic carbocycles. The quantitative estimate of drug-likeness (QED) is 0.670. The molecule has 68 valence electrons. The van der Waals surface area contributed by atoms with E-state index in [2.05, 4.69) is 15.6 Å². The molecular weight excluding hydrogens is 156 g/mol. The summed E-state index contributed by atoms with van der Waals surface area (Å²) in [6.07, 6.45) is 1.62. The van der Waals surface area contributed by atoms with E-state index in [4.69, 9.17) is 0 Å². The fourth-order valence-electron chi connectivity index (χ4n) is 0.757. The Hall–Kier alpha value is -1.10. The average molecular weight is 170 g/mol. The molecule has 0 aliphatic rings. The molecule has 0 amide bonds. The van der Waals surface area contributed by atoms with Crippen LogP contribution in [0.1, 0.15) is 13.8 Å². The Bertz CT molecular complexity index is 250. The summed E-state index contributed by atoms with van der Waals surface area (Å²) in [7, 11) is 1.79. The summed E-state index contributed by atoms with van der Waals surface area (Å²) in [4.78, 5) is 0. The van der Waals surface area contributed by atoms with Crippen molar-refractivity contribution in [2.24, 2.45) is 7.05 Å². The number of rotatable bonds is 3. The monoisotopic (exact) mass is 170 g/mol. The van der Waals surface area contributed by atoms with Crippen LogP contribution in [0, 0.1) is 0 Å². The SMILES string of the molecule is Cn1nncc1NCC(C)(C)O. The highest BCUT2D eigenvalue weighted by Crippen LogP contribution is 2.05. The summed E-state index contributed by atoms with van der Waals surface area (Å²) in [5.41, 5.74) is -0.718. The van der Waals surface area contributed by atoms with Gasteiger partial charge in [-0.2, -0.15) is 0 Å². The van der Waals surface area contributed by atoms with Gasteiger partial charge in [0.2, 0.25) is 0 Å². The standard InChI is InChI=1S/C7H14N4O/c1-7(2,12)5-8-6-4-9-10-11(6)3/h4,8,12H,5H2,1-3H3. The van der Waals surface area contributed by atoms with Gasteiger partial charge in [-0.25, -0.2) is 4.68 Å². The largest absolute Gasteiger partial charge is 0.389 e. The summed E-state index contributed by atoms with van der Waals surface area (Å²) < 4.78 is 1.62. The molecule has 1 rings (SSSR count). The Labute approximate surface area is 71.4 Å². The van der Waals surface area contributed by atoms with E-state index >= 15 is 0 Å². The number of aromatic nitrogens is 3. The fraction of sp³-hybridized carbons (Fsp3) is 0.714. The molecule has 5 heteroatoms. The number of hydrogen-bond donors (Lipinski definition) is 2. The highest BCUT2D eigenvalue weighted by atomic mass is 16.3.